The van der Waals surface area contributed by atoms with E-state index in [4.69, 9.17) is 17.3 Å². The fraction of sp³-hybridized carbons (Fsp3) is 0.0435. The molecule has 0 bridgehead atoms. The molecule has 4 rings (SSSR count). The SMILES string of the molecule is Cn1c(C(=O)c2c(N)cc(Cl)cc2C(=O)O)cc2cc(-c3ccccc3)ccc21. The van der Waals surface area contributed by atoms with Gasteiger partial charge in [-0.2, -0.15) is 0 Å². The van der Waals surface area contributed by atoms with Gasteiger partial charge in [0.05, 0.1) is 16.8 Å². The number of carboxylic acid groups (broad SMARTS) is 1. The first-order valence-corrected chi connectivity index (χ1v) is 9.26. The number of ketones is 1. The van der Waals surface area contributed by atoms with Crippen LogP contribution >= 0.6 is 11.6 Å². The van der Waals surface area contributed by atoms with E-state index in [0.29, 0.717) is 5.69 Å². The molecule has 0 unspecified atom stereocenters. The Bertz CT molecular complexity index is 1280. The van der Waals surface area contributed by atoms with E-state index in [9.17, 15) is 14.7 Å². The van der Waals surface area contributed by atoms with Crippen LogP contribution in [0.5, 0.6) is 0 Å². The molecule has 3 aromatic carbocycles. The Morgan fingerprint density at radius 3 is 2.38 bits per heavy atom. The van der Waals surface area contributed by atoms with Gasteiger partial charge in [0, 0.05) is 28.7 Å². The number of aromatic carboxylic acids is 1. The number of fused-ring (bicyclic) bond motifs is 1. The maximum absolute atomic E-state index is 13.2. The van der Waals surface area contributed by atoms with Crippen molar-refractivity contribution in [3.63, 3.8) is 0 Å². The topological polar surface area (TPSA) is 85.3 Å². The van der Waals surface area contributed by atoms with Crippen molar-refractivity contribution in [1.82, 2.24) is 4.57 Å². The van der Waals surface area contributed by atoms with Crippen LogP contribution in [0.1, 0.15) is 26.4 Å². The van der Waals surface area contributed by atoms with Crippen molar-refractivity contribution < 1.29 is 14.7 Å². The van der Waals surface area contributed by atoms with Crippen molar-refractivity contribution in [3.05, 3.63) is 88.6 Å². The summed E-state index contributed by atoms with van der Waals surface area (Å²) in [5.41, 5.74) is 9.04. The maximum atomic E-state index is 13.2. The standard InChI is InChI=1S/C23H17ClN2O3/c1-26-19-8-7-14(13-5-3-2-4-6-13)9-15(19)10-20(26)22(27)21-17(23(28)29)11-16(24)12-18(21)25/h2-12H,25H2,1H3,(H,28,29). The number of aromatic nitrogens is 1. The predicted molar refractivity (Wildman–Crippen MR) is 115 cm³/mol. The number of carbonyl (C=O) groups excluding carboxylic acids is 1. The third kappa shape index (κ3) is 3.26. The summed E-state index contributed by atoms with van der Waals surface area (Å²) in [5, 5.41) is 10.6. The van der Waals surface area contributed by atoms with Crippen LogP contribution in [0.3, 0.4) is 0 Å². The van der Waals surface area contributed by atoms with E-state index in [1.54, 1.807) is 17.7 Å². The van der Waals surface area contributed by atoms with E-state index in [1.165, 1.54) is 12.1 Å². The minimum atomic E-state index is -1.26. The molecule has 0 spiro atoms. The number of hydrogen-bond donors (Lipinski definition) is 2. The Labute approximate surface area is 172 Å². The van der Waals surface area contributed by atoms with Crippen molar-refractivity contribution in [2.75, 3.05) is 5.73 Å². The molecule has 29 heavy (non-hydrogen) atoms. The second-order valence-corrected chi connectivity index (χ2v) is 7.22. The zero-order valence-corrected chi connectivity index (χ0v) is 16.3. The average Bonchev–Trinajstić information content (AvgIpc) is 3.03. The number of nitrogens with two attached hydrogens (primary N) is 1. The molecule has 1 aromatic heterocycles. The molecule has 5 nitrogen and oxygen atoms in total. The van der Waals surface area contributed by atoms with E-state index in [1.807, 2.05) is 48.5 Å². The predicted octanol–water partition coefficient (Wildman–Crippen LogP) is 5.01. The van der Waals surface area contributed by atoms with Gasteiger partial charge in [-0.15, -0.1) is 0 Å². The van der Waals surface area contributed by atoms with Crippen LogP contribution < -0.4 is 5.73 Å². The van der Waals surface area contributed by atoms with E-state index in [-0.39, 0.29) is 21.8 Å². The number of nitrogens with zero attached hydrogens (tertiary/aromatic N) is 1. The van der Waals surface area contributed by atoms with Crippen molar-refractivity contribution in [1.29, 1.82) is 0 Å². The number of anilines is 1. The second kappa shape index (κ2) is 7.11. The van der Waals surface area contributed by atoms with Crippen molar-refractivity contribution in [2.45, 2.75) is 0 Å². The van der Waals surface area contributed by atoms with Crippen LogP contribution in [-0.4, -0.2) is 21.4 Å². The molecule has 4 aromatic rings. The highest BCUT2D eigenvalue weighted by Gasteiger charge is 2.24. The average molecular weight is 405 g/mol. The summed E-state index contributed by atoms with van der Waals surface area (Å²) < 4.78 is 1.74. The number of carboxylic acids is 1. The van der Waals surface area contributed by atoms with Gasteiger partial charge < -0.3 is 15.4 Å². The normalized spacial score (nSPS) is 11.0. The highest BCUT2D eigenvalue weighted by molar-refractivity contribution is 6.32. The fourth-order valence-corrected chi connectivity index (χ4v) is 3.78. The molecule has 0 atom stereocenters. The third-order valence-corrected chi connectivity index (χ3v) is 5.19. The molecule has 0 saturated heterocycles. The molecule has 0 saturated carbocycles. The molecule has 0 aliphatic heterocycles. The van der Waals surface area contributed by atoms with E-state index >= 15 is 0 Å². The van der Waals surface area contributed by atoms with Crippen LogP contribution in [0.4, 0.5) is 5.69 Å². The first-order valence-electron chi connectivity index (χ1n) is 8.88. The largest absolute Gasteiger partial charge is 0.478 e. The molecule has 6 heteroatoms. The van der Waals surface area contributed by atoms with Crippen molar-refractivity contribution in [2.24, 2.45) is 7.05 Å². The molecule has 144 valence electrons. The van der Waals surface area contributed by atoms with Crippen LogP contribution in [0.2, 0.25) is 5.02 Å². The van der Waals surface area contributed by atoms with Crippen LogP contribution in [0, 0.1) is 0 Å². The Balaban J connectivity index is 1.86. The van der Waals surface area contributed by atoms with E-state index in [2.05, 4.69) is 0 Å². The van der Waals surface area contributed by atoms with Crippen LogP contribution in [-0.2, 0) is 7.05 Å². The van der Waals surface area contributed by atoms with Crippen LogP contribution in [0.15, 0.2) is 66.7 Å². The molecule has 1 heterocycles. The summed E-state index contributed by atoms with van der Waals surface area (Å²) in [4.78, 5) is 24.9. The lowest BCUT2D eigenvalue weighted by molar-refractivity contribution is 0.0692. The van der Waals surface area contributed by atoms with Gasteiger partial charge in [0.25, 0.3) is 0 Å². The van der Waals surface area contributed by atoms with Gasteiger partial charge in [-0.3, -0.25) is 4.79 Å². The van der Waals surface area contributed by atoms with E-state index in [0.717, 1.165) is 22.0 Å². The lowest BCUT2D eigenvalue weighted by Gasteiger charge is -2.10. The summed E-state index contributed by atoms with van der Waals surface area (Å²) in [6, 6.07) is 20.2. The molecule has 0 aliphatic rings. The van der Waals surface area contributed by atoms with Gasteiger partial charge in [0.2, 0.25) is 5.78 Å². The lowest BCUT2D eigenvalue weighted by atomic mass is 9.99. The zero-order chi connectivity index (χ0) is 20.7. The van der Waals surface area contributed by atoms with Gasteiger partial charge in [-0.05, 0) is 41.5 Å². The third-order valence-electron chi connectivity index (χ3n) is 4.97. The highest BCUT2D eigenvalue weighted by atomic mass is 35.5. The molecule has 0 aliphatic carbocycles. The Morgan fingerprint density at radius 2 is 1.69 bits per heavy atom. The monoisotopic (exact) mass is 404 g/mol. The summed E-state index contributed by atoms with van der Waals surface area (Å²) >= 11 is 5.93. The Morgan fingerprint density at radius 1 is 0.966 bits per heavy atom. The second-order valence-electron chi connectivity index (χ2n) is 6.78. The first kappa shape index (κ1) is 18.8. The number of rotatable bonds is 4. The number of benzene rings is 3. The summed E-state index contributed by atoms with van der Waals surface area (Å²) in [6.45, 7) is 0. The summed E-state index contributed by atoms with van der Waals surface area (Å²) in [5.74, 6) is -1.72. The summed E-state index contributed by atoms with van der Waals surface area (Å²) in [6.07, 6.45) is 0. The lowest BCUT2D eigenvalue weighted by Crippen LogP contribution is -2.15. The number of nitrogen functional groups attached to an aromatic ring is 1. The molecule has 0 radical (unpaired) electrons. The molecular formula is C23H17ClN2O3. The fourth-order valence-electron chi connectivity index (χ4n) is 3.56. The van der Waals surface area contributed by atoms with E-state index < -0.39 is 11.8 Å². The van der Waals surface area contributed by atoms with Gasteiger partial charge in [0.15, 0.2) is 0 Å². The molecule has 0 fully saturated rings. The van der Waals surface area contributed by atoms with Gasteiger partial charge in [0.1, 0.15) is 0 Å². The minimum Gasteiger partial charge on any atom is -0.478 e. The van der Waals surface area contributed by atoms with Crippen molar-refractivity contribution >= 4 is 39.9 Å². The smallest absolute Gasteiger partial charge is 0.336 e. The number of carbonyl (C=O) groups is 2. The quantitative estimate of drug-likeness (QED) is 0.370. The van der Waals surface area contributed by atoms with Gasteiger partial charge >= 0.3 is 5.97 Å². The summed E-state index contributed by atoms with van der Waals surface area (Å²) in [7, 11) is 1.77. The maximum Gasteiger partial charge on any atom is 0.336 e. The van der Waals surface area contributed by atoms with Crippen LogP contribution in [0.25, 0.3) is 22.0 Å². The first-order chi connectivity index (χ1) is 13.9. The van der Waals surface area contributed by atoms with Gasteiger partial charge in [-0.1, -0.05) is 48.0 Å². The Kier molecular flexibility index (Phi) is 4.60. The van der Waals surface area contributed by atoms with Gasteiger partial charge in [-0.25, -0.2) is 4.79 Å². The minimum absolute atomic E-state index is 0.0372. The number of aryl methyl sites for hydroxylation is 1. The molecule has 3 N–H and O–H groups in total. The highest BCUT2D eigenvalue weighted by Crippen LogP contribution is 2.30. The number of halogens is 1. The number of hydrogen-bond acceptors (Lipinski definition) is 3. The Hall–Kier alpha value is -3.57. The molecule has 0 amide bonds. The zero-order valence-electron chi connectivity index (χ0n) is 15.5. The molecular weight excluding hydrogens is 388 g/mol. The van der Waals surface area contributed by atoms with Crippen molar-refractivity contribution in [3.8, 4) is 11.1 Å².